The lowest BCUT2D eigenvalue weighted by molar-refractivity contribution is 0.601. The standard InChI is InChI=1S/C11H12Br2N2/c1-8(5-14)6-15-7-9-2-3-10(12)11(13)4-9/h2-4,8,15H,6-7H2,1H3. The molecule has 1 rings (SSSR count). The van der Waals surface area contributed by atoms with Crippen molar-refractivity contribution in [2.45, 2.75) is 13.5 Å². The Kier molecular flexibility index (Phi) is 5.30. The Morgan fingerprint density at radius 2 is 2.13 bits per heavy atom. The van der Waals surface area contributed by atoms with E-state index in [-0.39, 0.29) is 5.92 Å². The van der Waals surface area contributed by atoms with Crippen LogP contribution in [-0.4, -0.2) is 6.54 Å². The van der Waals surface area contributed by atoms with E-state index in [1.54, 1.807) is 0 Å². The second-order valence-electron chi connectivity index (χ2n) is 3.41. The van der Waals surface area contributed by atoms with Crippen molar-refractivity contribution < 1.29 is 0 Å². The van der Waals surface area contributed by atoms with Crippen LogP contribution in [0.15, 0.2) is 27.1 Å². The monoisotopic (exact) mass is 330 g/mol. The van der Waals surface area contributed by atoms with Gasteiger partial charge in [0.05, 0.1) is 12.0 Å². The summed E-state index contributed by atoms with van der Waals surface area (Å²) in [7, 11) is 0. The molecular formula is C11H12Br2N2. The average molecular weight is 332 g/mol. The Morgan fingerprint density at radius 1 is 1.40 bits per heavy atom. The summed E-state index contributed by atoms with van der Waals surface area (Å²) < 4.78 is 2.10. The SMILES string of the molecule is CC(C#N)CNCc1ccc(Br)c(Br)c1. The van der Waals surface area contributed by atoms with E-state index in [9.17, 15) is 0 Å². The number of halogens is 2. The van der Waals surface area contributed by atoms with Crippen LogP contribution < -0.4 is 5.32 Å². The van der Waals surface area contributed by atoms with Gasteiger partial charge >= 0.3 is 0 Å². The summed E-state index contributed by atoms with van der Waals surface area (Å²) >= 11 is 6.88. The molecule has 0 aliphatic carbocycles. The highest BCUT2D eigenvalue weighted by atomic mass is 79.9. The summed E-state index contributed by atoms with van der Waals surface area (Å²) in [6.45, 7) is 3.42. The molecule has 1 unspecified atom stereocenters. The van der Waals surface area contributed by atoms with Gasteiger partial charge in [-0.25, -0.2) is 0 Å². The molecule has 80 valence electrons. The van der Waals surface area contributed by atoms with Gasteiger partial charge in [0.2, 0.25) is 0 Å². The highest BCUT2D eigenvalue weighted by Crippen LogP contribution is 2.23. The lowest BCUT2D eigenvalue weighted by Crippen LogP contribution is -2.19. The molecule has 0 aromatic heterocycles. The van der Waals surface area contributed by atoms with Gasteiger partial charge in [-0.3, -0.25) is 0 Å². The van der Waals surface area contributed by atoms with Gasteiger partial charge in [-0.2, -0.15) is 5.26 Å². The largest absolute Gasteiger partial charge is 0.311 e. The highest BCUT2D eigenvalue weighted by molar-refractivity contribution is 9.13. The summed E-state index contributed by atoms with van der Waals surface area (Å²) in [6.07, 6.45) is 0. The van der Waals surface area contributed by atoms with Gasteiger partial charge in [0.15, 0.2) is 0 Å². The Bertz CT molecular complexity index is 371. The van der Waals surface area contributed by atoms with Gasteiger partial charge < -0.3 is 5.32 Å². The Labute approximate surface area is 107 Å². The minimum atomic E-state index is 0.0592. The van der Waals surface area contributed by atoms with Gasteiger partial charge in [-0.1, -0.05) is 6.07 Å². The average Bonchev–Trinajstić information content (AvgIpc) is 2.23. The van der Waals surface area contributed by atoms with Crippen molar-refractivity contribution in [2.24, 2.45) is 5.92 Å². The molecule has 0 radical (unpaired) electrons. The summed E-state index contributed by atoms with van der Waals surface area (Å²) in [5.74, 6) is 0.0592. The fourth-order valence-corrected chi connectivity index (χ4v) is 1.80. The molecule has 0 saturated carbocycles. The molecule has 0 saturated heterocycles. The van der Waals surface area contributed by atoms with Crippen molar-refractivity contribution in [3.63, 3.8) is 0 Å². The van der Waals surface area contributed by atoms with Gasteiger partial charge in [-0.15, -0.1) is 0 Å². The van der Waals surface area contributed by atoms with Crippen molar-refractivity contribution in [3.05, 3.63) is 32.7 Å². The summed E-state index contributed by atoms with van der Waals surface area (Å²) in [4.78, 5) is 0. The Balaban J connectivity index is 2.45. The predicted molar refractivity (Wildman–Crippen MR) is 68.3 cm³/mol. The molecule has 0 fully saturated rings. The van der Waals surface area contributed by atoms with Crippen LogP contribution in [0, 0.1) is 17.2 Å². The van der Waals surface area contributed by atoms with Crippen molar-refractivity contribution in [1.29, 1.82) is 5.26 Å². The number of nitrogens with one attached hydrogen (secondary N) is 1. The van der Waals surface area contributed by atoms with Crippen LogP contribution in [-0.2, 0) is 6.54 Å². The number of hydrogen-bond acceptors (Lipinski definition) is 2. The van der Waals surface area contributed by atoms with Crippen LogP contribution in [0.25, 0.3) is 0 Å². The predicted octanol–water partition coefficient (Wildman–Crippen LogP) is 3.46. The van der Waals surface area contributed by atoms with Crippen molar-refractivity contribution in [3.8, 4) is 6.07 Å². The summed E-state index contributed by atoms with van der Waals surface area (Å²) in [5, 5.41) is 11.8. The lowest BCUT2D eigenvalue weighted by atomic mass is 10.2. The third-order valence-corrected chi connectivity index (χ3v) is 3.86. The molecule has 2 nitrogen and oxygen atoms in total. The maximum absolute atomic E-state index is 8.61. The third kappa shape index (κ3) is 4.33. The van der Waals surface area contributed by atoms with E-state index in [0.29, 0.717) is 0 Å². The molecule has 0 aliphatic heterocycles. The third-order valence-electron chi connectivity index (χ3n) is 1.98. The first kappa shape index (κ1) is 12.7. The topological polar surface area (TPSA) is 35.8 Å². The first-order valence-electron chi connectivity index (χ1n) is 4.67. The summed E-state index contributed by atoms with van der Waals surface area (Å²) in [6, 6.07) is 8.32. The number of nitriles is 1. The smallest absolute Gasteiger partial charge is 0.0666 e. The fraction of sp³-hybridized carbons (Fsp3) is 0.364. The van der Waals surface area contributed by atoms with Gasteiger partial charge in [0, 0.05) is 22.0 Å². The fourth-order valence-electron chi connectivity index (χ4n) is 1.13. The van der Waals surface area contributed by atoms with E-state index >= 15 is 0 Å². The molecule has 0 spiro atoms. The van der Waals surface area contributed by atoms with Crippen molar-refractivity contribution >= 4 is 31.9 Å². The van der Waals surface area contributed by atoms with E-state index in [1.165, 1.54) is 5.56 Å². The maximum Gasteiger partial charge on any atom is 0.0666 e. The molecular weight excluding hydrogens is 320 g/mol. The molecule has 0 bridgehead atoms. The van der Waals surface area contributed by atoms with E-state index in [4.69, 9.17) is 5.26 Å². The van der Waals surface area contributed by atoms with Gasteiger partial charge in [0.1, 0.15) is 0 Å². The molecule has 0 heterocycles. The van der Waals surface area contributed by atoms with E-state index in [1.807, 2.05) is 13.0 Å². The number of benzene rings is 1. The molecule has 15 heavy (non-hydrogen) atoms. The van der Waals surface area contributed by atoms with Crippen LogP contribution in [0.3, 0.4) is 0 Å². The lowest BCUT2D eigenvalue weighted by Gasteiger charge is -2.06. The maximum atomic E-state index is 8.61. The zero-order chi connectivity index (χ0) is 11.3. The quantitative estimate of drug-likeness (QED) is 0.917. The minimum Gasteiger partial charge on any atom is -0.311 e. The van der Waals surface area contributed by atoms with Crippen LogP contribution in [0.1, 0.15) is 12.5 Å². The molecule has 0 amide bonds. The number of rotatable bonds is 4. The Morgan fingerprint density at radius 3 is 2.73 bits per heavy atom. The van der Waals surface area contributed by atoms with E-state index < -0.39 is 0 Å². The molecule has 1 atom stereocenters. The van der Waals surface area contributed by atoms with Crippen molar-refractivity contribution in [2.75, 3.05) is 6.54 Å². The Hall–Kier alpha value is -0.370. The molecule has 1 aromatic rings. The van der Waals surface area contributed by atoms with Crippen LogP contribution in [0.5, 0.6) is 0 Å². The zero-order valence-electron chi connectivity index (χ0n) is 8.43. The van der Waals surface area contributed by atoms with Gasteiger partial charge in [-0.05, 0) is 56.5 Å². The number of nitrogens with zero attached hydrogens (tertiary/aromatic N) is 1. The van der Waals surface area contributed by atoms with Crippen LogP contribution >= 0.6 is 31.9 Å². The highest BCUT2D eigenvalue weighted by Gasteiger charge is 2.00. The zero-order valence-corrected chi connectivity index (χ0v) is 11.6. The summed E-state index contributed by atoms with van der Waals surface area (Å²) in [5.41, 5.74) is 1.20. The first-order valence-corrected chi connectivity index (χ1v) is 6.26. The van der Waals surface area contributed by atoms with Crippen molar-refractivity contribution in [1.82, 2.24) is 5.32 Å². The number of hydrogen-bond donors (Lipinski definition) is 1. The minimum absolute atomic E-state index is 0.0592. The normalized spacial score (nSPS) is 12.1. The second kappa shape index (κ2) is 6.26. The van der Waals surface area contributed by atoms with Gasteiger partial charge in [0.25, 0.3) is 0 Å². The molecule has 4 heteroatoms. The molecule has 1 aromatic carbocycles. The molecule has 0 aliphatic rings. The first-order chi connectivity index (χ1) is 7.13. The van der Waals surface area contributed by atoms with E-state index in [0.717, 1.165) is 22.0 Å². The van der Waals surface area contributed by atoms with Crippen LogP contribution in [0.2, 0.25) is 0 Å². The van der Waals surface area contributed by atoms with Crippen LogP contribution in [0.4, 0.5) is 0 Å². The molecule has 1 N–H and O–H groups in total. The van der Waals surface area contributed by atoms with E-state index in [2.05, 4.69) is 55.4 Å². The second-order valence-corrected chi connectivity index (χ2v) is 5.12.